The lowest BCUT2D eigenvalue weighted by molar-refractivity contribution is -0.307. The molecule has 0 amide bonds. The van der Waals surface area contributed by atoms with E-state index >= 15 is 0 Å². The molecule has 5 aliphatic rings. The van der Waals surface area contributed by atoms with Gasteiger partial charge in [0.25, 0.3) is 0 Å². The van der Waals surface area contributed by atoms with Crippen molar-refractivity contribution < 1.29 is 34.8 Å². The molecule has 0 unspecified atom stereocenters. The quantitative estimate of drug-likeness (QED) is 0.231. The molecule has 5 fully saturated rings. The van der Waals surface area contributed by atoms with Crippen molar-refractivity contribution in [2.75, 3.05) is 78.5 Å². The van der Waals surface area contributed by atoms with Gasteiger partial charge in [-0.3, -0.25) is 29.4 Å². The minimum Gasteiger partial charge on any atom is -0.861 e. The maximum Gasteiger partial charge on any atom is 0.317 e. The first-order valence-corrected chi connectivity index (χ1v) is 13.8. The van der Waals surface area contributed by atoms with Crippen molar-refractivity contribution in [1.82, 2.24) is 19.6 Å². The summed E-state index contributed by atoms with van der Waals surface area (Å²) in [5, 5.41) is 45.2. The predicted molar refractivity (Wildman–Crippen MR) is 132 cm³/mol. The van der Waals surface area contributed by atoms with Crippen LogP contribution >= 0.6 is 0 Å². The number of rotatable bonds is 9. The Morgan fingerprint density at radius 3 is 1.32 bits per heavy atom. The maximum absolute atomic E-state index is 13.2. The molecular weight excluding hydrogens is 494 g/mol. The number of aliphatic carboxylic acids is 3. The van der Waals surface area contributed by atoms with Crippen LogP contribution in [0.2, 0.25) is 0 Å². The Morgan fingerprint density at radius 1 is 0.632 bits per heavy atom. The smallest absolute Gasteiger partial charge is 0.317 e. The Hall–Kier alpha value is -2.28. The summed E-state index contributed by atoms with van der Waals surface area (Å²) in [5.41, 5.74) is -0.228. The molecule has 0 atom stereocenters. The highest BCUT2D eigenvalue weighted by Gasteiger charge is 2.50. The fraction of sp³-hybridized carbons (Fsp3) is 0.846. The van der Waals surface area contributed by atoms with Crippen molar-refractivity contribution in [2.24, 2.45) is 22.7 Å². The first-order valence-electron chi connectivity index (χ1n) is 13.8. The van der Waals surface area contributed by atoms with E-state index < -0.39 is 17.9 Å². The van der Waals surface area contributed by atoms with Crippen LogP contribution in [0.1, 0.15) is 38.5 Å². The van der Waals surface area contributed by atoms with Crippen LogP contribution in [0.4, 0.5) is 0 Å². The largest absolute Gasteiger partial charge is 0.861 e. The molecule has 0 radical (unpaired) electrons. The van der Waals surface area contributed by atoms with Crippen LogP contribution in [0.25, 0.3) is 0 Å². The lowest BCUT2D eigenvalue weighted by atomic mass is 9.53. The number of carboxylic acid groups (broad SMARTS) is 3. The van der Waals surface area contributed by atoms with Crippen LogP contribution in [0, 0.1) is 17.8 Å². The molecule has 1 aliphatic heterocycles. The first-order chi connectivity index (χ1) is 18.1. The molecular formula is C26H40N5O7-3. The predicted octanol–water partition coefficient (Wildman–Crippen LogP) is -3.48. The van der Waals surface area contributed by atoms with Gasteiger partial charge in [-0.05, 0) is 62.2 Å². The fourth-order valence-corrected chi connectivity index (χ4v) is 7.46. The zero-order valence-corrected chi connectivity index (χ0v) is 22.1. The van der Waals surface area contributed by atoms with Crippen LogP contribution in [-0.4, -0.2) is 133 Å². The van der Waals surface area contributed by atoms with E-state index in [4.69, 9.17) is 4.99 Å². The molecule has 12 nitrogen and oxygen atoms in total. The second kappa shape index (κ2) is 12.7. The lowest BCUT2D eigenvalue weighted by Crippen LogP contribution is -2.52. The van der Waals surface area contributed by atoms with E-state index in [-0.39, 0.29) is 37.6 Å². The maximum atomic E-state index is 13.2. The average Bonchev–Trinajstić information content (AvgIpc) is 2.78. The van der Waals surface area contributed by atoms with Crippen LogP contribution in [0.5, 0.6) is 0 Å². The molecule has 0 aromatic heterocycles. The van der Waals surface area contributed by atoms with Gasteiger partial charge in [-0.25, -0.2) is 0 Å². The monoisotopic (exact) mass is 534 g/mol. The molecule has 1 N–H and O–H groups in total. The molecule has 4 saturated carbocycles. The van der Waals surface area contributed by atoms with E-state index in [2.05, 4.69) is 0 Å². The van der Waals surface area contributed by atoms with Gasteiger partial charge < -0.3 is 30.0 Å². The SMILES string of the molecule is O=C([O-])CN1CCN(CC(=O)O)CCN(CC(=O)[O-])CCN(CC([O-])=NC23CC4CC(CC(C4)C2)C3)CC1. The van der Waals surface area contributed by atoms with Crippen LogP contribution < -0.4 is 15.3 Å². The summed E-state index contributed by atoms with van der Waals surface area (Å²) in [4.78, 5) is 45.8. The third kappa shape index (κ3) is 8.36. The lowest BCUT2D eigenvalue weighted by Gasteiger charge is -2.55. The number of aliphatic imine (C=N–C) groups is 1. The molecule has 0 spiro atoms. The van der Waals surface area contributed by atoms with Gasteiger partial charge in [-0.15, -0.1) is 0 Å². The van der Waals surface area contributed by atoms with E-state index in [0.717, 1.165) is 19.3 Å². The second-order valence-electron chi connectivity index (χ2n) is 11.9. The Labute approximate surface area is 223 Å². The summed E-state index contributed by atoms with van der Waals surface area (Å²) < 4.78 is 0. The molecule has 214 valence electrons. The van der Waals surface area contributed by atoms with Crippen LogP contribution in [0.3, 0.4) is 0 Å². The third-order valence-electron chi connectivity index (χ3n) is 8.72. The second-order valence-corrected chi connectivity index (χ2v) is 11.9. The Bertz CT molecular complexity index is 830. The summed E-state index contributed by atoms with van der Waals surface area (Å²) in [7, 11) is 0. The van der Waals surface area contributed by atoms with E-state index in [1.165, 1.54) is 19.3 Å². The number of hydrogen-bond acceptors (Lipinski definition) is 11. The number of hydrogen-bond donors (Lipinski definition) is 1. The topological polar surface area (TPSA) is 166 Å². The normalized spacial score (nSPS) is 32.5. The number of carbonyl (C=O) groups excluding carboxylic acids is 2. The summed E-state index contributed by atoms with van der Waals surface area (Å²) in [6, 6.07) is 0. The minimum absolute atomic E-state index is 0.102. The minimum atomic E-state index is -1.22. The van der Waals surface area contributed by atoms with E-state index in [1.807, 2.05) is 4.90 Å². The van der Waals surface area contributed by atoms with Crippen molar-refractivity contribution in [2.45, 2.75) is 44.1 Å². The summed E-state index contributed by atoms with van der Waals surface area (Å²) in [6.07, 6.45) is 6.79. The van der Waals surface area contributed by atoms with E-state index in [9.17, 15) is 34.8 Å². The van der Waals surface area contributed by atoms with Crippen LogP contribution in [-0.2, 0) is 14.4 Å². The molecule has 1 saturated heterocycles. The molecule has 1 heterocycles. The first kappa shape index (κ1) is 28.7. The number of nitrogens with zero attached hydrogens (tertiary/aromatic N) is 5. The van der Waals surface area contributed by atoms with Crippen molar-refractivity contribution in [3.05, 3.63) is 0 Å². The van der Waals surface area contributed by atoms with Gasteiger partial charge in [0, 0.05) is 72.0 Å². The van der Waals surface area contributed by atoms with Crippen molar-refractivity contribution in [3.63, 3.8) is 0 Å². The highest BCUT2D eigenvalue weighted by Crippen LogP contribution is 2.57. The molecule has 38 heavy (non-hydrogen) atoms. The molecule has 0 aromatic carbocycles. The van der Waals surface area contributed by atoms with E-state index in [1.54, 1.807) is 14.7 Å². The summed E-state index contributed by atoms with van der Waals surface area (Å²) in [5.74, 6) is -1.58. The van der Waals surface area contributed by atoms with Gasteiger partial charge in [0.15, 0.2) is 0 Å². The zero-order valence-electron chi connectivity index (χ0n) is 22.1. The molecule has 12 heteroatoms. The summed E-state index contributed by atoms with van der Waals surface area (Å²) in [6.45, 7) is 1.99. The third-order valence-corrected chi connectivity index (χ3v) is 8.72. The fourth-order valence-electron chi connectivity index (χ4n) is 7.46. The van der Waals surface area contributed by atoms with Gasteiger partial charge in [0.05, 0.1) is 24.0 Å². The van der Waals surface area contributed by atoms with Gasteiger partial charge in [0.2, 0.25) is 0 Å². The van der Waals surface area contributed by atoms with Gasteiger partial charge in [0.1, 0.15) is 0 Å². The summed E-state index contributed by atoms with van der Waals surface area (Å²) >= 11 is 0. The Morgan fingerprint density at radius 2 is 0.974 bits per heavy atom. The Kier molecular flexibility index (Phi) is 9.61. The number of carbonyl (C=O) groups is 3. The van der Waals surface area contributed by atoms with Gasteiger partial charge in [-0.2, -0.15) is 0 Å². The zero-order chi connectivity index (χ0) is 27.3. The van der Waals surface area contributed by atoms with Gasteiger partial charge >= 0.3 is 5.97 Å². The van der Waals surface area contributed by atoms with Gasteiger partial charge in [-0.1, -0.05) is 0 Å². The van der Waals surface area contributed by atoms with Crippen LogP contribution in [0.15, 0.2) is 4.99 Å². The molecule has 5 rings (SSSR count). The van der Waals surface area contributed by atoms with Crippen molar-refractivity contribution in [1.29, 1.82) is 0 Å². The molecule has 4 bridgehead atoms. The van der Waals surface area contributed by atoms with Crippen molar-refractivity contribution in [3.8, 4) is 0 Å². The highest BCUT2D eigenvalue weighted by molar-refractivity contribution is 5.74. The molecule has 4 aliphatic carbocycles. The highest BCUT2D eigenvalue weighted by atomic mass is 16.4. The standard InChI is InChI=1S/C26H43N5O7/c32-22(27-26-12-19-9-20(13-26)11-21(10-19)14-26)15-28-1-3-29(16-23(33)34)5-7-31(18-25(37)38)8-6-30(4-2-28)17-24(35)36/h19-21H,1-18H2,(H,27,32)(H,33,34)(H,35,36)(H,37,38)/p-3. The number of carboxylic acids is 3. The average molecular weight is 535 g/mol. The van der Waals surface area contributed by atoms with E-state index in [0.29, 0.717) is 70.1 Å². The Balaban J connectivity index is 1.45. The van der Waals surface area contributed by atoms with Crippen molar-refractivity contribution >= 4 is 23.8 Å². The molecule has 0 aromatic rings.